The van der Waals surface area contributed by atoms with Crippen LogP contribution in [0.4, 0.5) is 5.95 Å². The summed E-state index contributed by atoms with van der Waals surface area (Å²) in [6.45, 7) is 5.88. The highest BCUT2D eigenvalue weighted by molar-refractivity contribution is 5.94. The molecule has 1 aromatic heterocycles. The van der Waals surface area contributed by atoms with E-state index in [1.165, 1.54) is 0 Å². The Morgan fingerprint density at radius 2 is 1.79 bits per heavy atom. The van der Waals surface area contributed by atoms with Crippen molar-refractivity contribution in [2.75, 3.05) is 18.4 Å². The van der Waals surface area contributed by atoms with Crippen molar-refractivity contribution in [3.8, 4) is 0 Å². The summed E-state index contributed by atoms with van der Waals surface area (Å²) in [5.41, 5.74) is 1.78. The van der Waals surface area contributed by atoms with Gasteiger partial charge in [-0.05, 0) is 37.6 Å². The Morgan fingerprint density at radius 3 is 2.42 bits per heavy atom. The van der Waals surface area contributed by atoms with Crippen molar-refractivity contribution in [1.82, 2.24) is 14.9 Å². The molecule has 1 N–H and O–H groups in total. The van der Waals surface area contributed by atoms with Crippen molar-refractivity contribution in [3.63, 3.8) is 0 Å². The van der Waals surface area contributed by atoms with Gasteiger partial charge in [0.25, 0.3) is 5.91 Å². The predicted molar refractivity (Wildman–Crippen MR) is 91.7 cm³/mol. The van der Waals surface area contributed by atoms with Gasteiger partial charge < -0.3 is 15.0 Å². The number of hydrogen-bond donors (Lipinski definition) is 1. The summed E-state index contributed by atoms with van der Waals surface area (Å²) in [5, 5.41) is 3.15. The van der Waals surface area contributed by atoms with Gasteiger partial charge in [-0.3, -0.25) is 4.79 Å². The van der Waals surface area contributed by atoms with E-state index in [-0.39, 0.29) is 18.1 Å². The maximum absolute atomic E-state index is 12.6. The molecule has 1 fully saturated rings. The van der Waals surface area contributed by atoms with Crippen LogP contribution in [-0.4, -0.2) is 46.1 Å². The fourth-order valence-electron chi connectivity index (χ4n) is 2.86. The molecule has 1 amide bonds. The maximum atomic E-state index is 12.6. The van der Waals surface area contributed by atoms with E-state index >= 15 is 0 Å². The van der Waals surface area contributed by atoms with Gasteiger partial charge in [-0.15, -0.1) is 0 Å². The first-order valence-corrected chi connectivity index (χ1v) is 8.16. The molecule has 126 valence electrons. The summed E-state index contributed by atoms with van der Waals surface area (Å²) < 4.78 is 5.68. The predicted octanol–water partition coefficient (Wildman–Crippen LogP) is 2.34. The van der Waals surface area contributed by atoms with Gasteiger partial charge in [-0.2, -0.15) is 0 Å². The Bertz CT molecular complexity index is 665. The SMILES string of the molecule is CC1CN(C(=O)c2ccc(CNc3ncccn3)cc2)CC(C)O1. The lowest BCUT2D eigenvalue weighted by atomic mass is 10.1. The average molecular weight is 326 g/mol. The van der Waals surface area contributed by atoms with Crippen molar-refractivity contribution in [3.05, 3.63) is 53.9 Å². The van der Waals surface area contributed by atoms with Gasteiger partial charge >= 0.3 is 0 Å². The summed E-state index contributed by atoms with van der Waals surface area (Å²) in [6.07, 6.45) is 3.54. The van der Waals surface area contributed by atoms with Gasteiger partial charge in [0.2, 0.25) is 5.95 Å². The lowest BCUT2D eigenvalue weighted by Gasteiger charge is -2.35. The van der Waals surface area contributed by atoms with Crippen LogP contribution in [0.1, 0.15) is 29.8 Å². The molecule has 0 bridgehead atoms. The number of ether oxygens (including phenoxy) is 1. The number of nitrogens with zero attached hydrogens (tertiary/aromatic N) is 3. The van der Waals surface area contributed by atoms with Gasteiger partial charge in [0, 0.05) is 37.6 Å². The number of amides is 1. The van der Waals surface area contributed by atoms with E-state index in [1.54, 1.807) is 18.5 Å². The average Bonchev–Trinajstić information content (AvgIpc) is 2.60. The monoisotopic (exact) mass is 326 g/mol. The highest BCUT2D eigenvalue weighted by atomic mass is 16.5. The fraction of sp³-hybridized carbons (Fsp3) is 0.389. The van der Waals surface area contributed by atoms with Crippen LogP contribution >= 0.6 is 0 Å². The third-order valence-corrected chi connectivity index (χ3v) is 3.92. The Labute approximate surface area is 141 Å². The van der Waals surface area contributed by atoms with Gasteiger partial charge in [0.05, 0.1) is 12.2 Å². The minimum absolute atomic E-state index is 0.0582. The number of carbonyl (C=O) groups is 1. The van der Waals surface area contributed by atoms with Gasteiger partial charge in [0.15, 0.2) is 0 Å². The topological polar surface area (TPSA) is 67.4 Å². The number of anilines is 1. The molecular weight excluding hydrogens is 304 g/mol. The lowest BCUT2D eigenvalue weighted by Crippen LogP contribution is -2.48. The number of carbonyl (C=O) groups excluding carboxylic acids is 1. The summed E-state index contributed by atoms with van der Waals surface area (Å²) in [4.78, 5) is 22.7. The van der Waals surface area contributed by atoms with Gasteiger partial charge in [0.1, 0.15) is 0 Å². The maximum Gasteiger partial charge on any atom is 0.254 e. The van der Waals surface area contributed by atoms with E-state index in [1.807, 2.05) is 43.0 Å². The molecule has 0 radical (unpaired) electrons. The summed E-state index contributed by atoms with van der Waals surface area (Å²) in [7, 11) is 0. The number of benzene rings is 1. The van der Waals surface area contributed by atoms with Crippen LogP contribution in [0.25, 0.3) is 0 Å². The third kappa shape index (κ3) is 4.08. The first-order chi connectivity index (χ1) is 11.6. The molecule has 2 heterocycles. The highest BCUT2D eigenvalue weighted by Crippen LogP contribution is 2.15. The van der Waals surface area contributed by atoms with E-state index < -0.39 is 0 Å². The molecule has 1 saturated heterocycles. The lowest BCUT2D eigenvalue weighted by molar-refractivity contribution is -0.0586. The molecule has 6 heteroatoms. The first kappa shape index (κ1) is 16.4. The van der Waals surface area contributed by atoms with E-state index in [0.29, 0.717) is 31.1 Å². The first-order valence-electron chi connectivity index (χ1n) is 8.16. The molecule has 0 spiro atoms. The zero-order valence-electron chi connectivity index (χ0n) is 14.0. The minimum Gasteiger partial charge on any atom is -0.372 e. The molecule has 0 aliphatic carbocycles. The van der Waals surface area contributed by atoms with E-state index in [4.69, 9.17) is 4.74 Å². The second-order valence-corrected chi connectivity index (χ2v) is 6.09. The van der Waals surface area contributed by atoms with Crippen molar-refractivity contribution in [1.29, 1.82) is 0 Å². The Balaban J connectivity index is 1.60. The standard InChI is InChI=1S/C18H22N4O2/c1-13-11-22(12-14(2)24-13)17(23)16-6-4-15(5-7-16)10-21-18-19-8-3-9-20-18/h3-9,13-14H,10-12H2,1-2H3,(H,19,20,21). The minimum atomic E-state index is 0.0582. The van der Waals surface area contributed by atoms with Crippen LogP contribution in [0.5, 0.6) is 0 Å². The Kier molecular flexibility index (Phi) is 5.05. The van der Waals surface area contributed by atoms with Crippen LogP contribution < -0.4 is 5.32 Å². The highest BCUT2D eigenvalue weighted by Gasteiger charge is 2.26. The molecule has 1 aliphatic rings. The number of rotatable bonds is 4. The number of morpholine rings is 1. The van der Waals surface area contributed by atoms with Gasteiger partial charge in [-0.1, -0.05) is 12.1 Å². The number of hydrogen-bond acceptors (Lipinski definition) is 5. The van der Waals surface area contributed by atoms with Crippen molar-refractivity contribution in [2.24, 2.45) is 0 Å². The summed E-state index contributed by atoms with van der Waals surface area (Å²) in [6, 6.07) is 9.43. The van der Waals surface area contributed by atoms with Crippen LogP contribution in [0, 0.1) is 0 Å². The summed E-state index contributed by atoms with van der Waals surface area (Å²) in [5.74, 6) is 0.650. The Morgan fingerprint density at radius 1 is 1.17 bits per heavy atom. The molecule has 1 aliphatic heterocycles. The zero-order chi connectivity index (χ0) is 16.9. The molecule has 1 aromatic carbocycles. The quantitative estimate of drug-likeness (QED) is 0.934. The number of aromatic nitrogens is 2. The van der Waals surface area contributed by atoms with Crippen molar-refractivity contribution >= 4 is 11.9 Å². The second kappa shape index (κ2) is 7.40. The molecule has 24 heavy (non-hydrogen) atoms. The van der Waals surface area contributed by atoms with Gasteiger partial charge in [-0.25, -0.2) is 9.97 Å². The third-order valence-electron chi connectivity index (χ3n) is 3.92. The molecule has 2 unspecified atom stereocenters. The van der Waals surface area contributed by atoms with E-state index in [2.05, 4.69) is 15.3 Å². The molecule has 2 atom stereocenters. The second-order valence-electron chi connectivity index (χ2n) is 6.09. The summed E-state index contributed by atoms with van der Waals surface area (Å²) >= 11 is 0. The normalized spacial score (nSPS) is 20.7. The van der Waals surface area contributed by atoms with Crippen LogP contribution in [0.15, 0.2) is 42.7 Å². The number of nitrogens with one attached hydrogen (secondary N) is 1. The molecular formula is C18H22N4O2. The van der Waals surface area contributed by atoms with Crippen LogP contribution in [-0.2, 0) is 11.3 Å². The largest absolute Gasteiger partial charge is 0.372 e. The van der Waals surface area contributed by atoms with Crippen LogP contribution in [0.2, 0.25) is 0 Å². The molecule has 6 nitrogen and oxygen atoms in total. The Hall–Kier alpha value is -2.47. The van der Waals surface area contributed by atoms with E-state index in [0.717, 1.165) is 5.56 Å². The van der Waals surface area contributed by atoms with Crippen LogP contribution in [0.3, 0.4) is 0 Å². The van der Waals surface area contributed by atoms with Crippen molar-refractivity contribution < 1.29 is 9.53 Å². The van der Waals surface area contributed by atoms with Crippen molar-refractivity contribution in [2.45, 2.75) is 32.6 Å². The smallest absolute Gasteiger partial charge is 0.254 e. The zero-order valence-corrected chi connectivity index (χ0v) is 14.0. The fourth-order valence-corrected chi connectivity index (χ4v) is 2.86. The van der Waals surface area contributed by atoms with E-state index in [9.17, 15) is 4.79 Å². The molecule has 3 rings (SSSR count). The molecule has 2 aromatic rings. The molecule has 0 saturated carbocycles.